The molecule has 146 valence electrons. The Morgan fingerprint density at radius 2 is 1.96 bits per heavy atom. The van der Waals surface area contributed by atoms with Crippen molar-refractivity contribution in [2.75, 3.05) is 0 Å². The van der Waals surface area contributed by atoms with Crippen LogP contribution in [0.25, 0.3) is 11.0 Å². The lowest BCUT2D eigenvalue weighted by molar-refractivity contribution is -0.118. The number of nitrogens with one attached hydrogen (secondary N) is 2. The highest BCUT2D eigenvalue weighted by Gasteiger charge is 2.31. The first-order chi connectivity index (χ1) is 13.0. The van der Waals surface area contributed by atoms with Gasteiger partial charge in [0.05, 0.1) is 16.3 Å². The zero-order valence-electron chi connectivity index (χ0n) is 14.8. The van der Waals surface area contributed by atoms with Crippen molar-refractivity contribution in [1.82, 2.24) is 15.3 Å². The van der Waals surface area contributed by atoms with Crippen molar-refractivity contribution >= 4 is 46.3 Å². The average molecular weight is 420 g/mol. The van der Waals surface area contributed by atoms with Gasteiger partial charge in [0.2, 0.25) is 5.91 Å². The summed E-state index contributed by atoms with van der Waals surface area (Å²) in [6.45, 7) is 1.89. The van der Waals surface area contributed by atoms with E-state index in [0.717, 1.165) is 28.4 Å². The Hall–Kier alpha value is -2.71. The summed E-state index contributed by atoms with van der Waals surface area (Å²) in [5, 5.41) is 11.2. The third kappa shape index (κ3) is 4.23. The monoisotopic (exact) mass is 419 g/mol. The Kier molecular flexibility index (Phi) is 5.81. The average Bonchev–Trinajstić information content (AvgIpc) is 3.19. The quantitative estimate of drug-likeness (QED) is 0.582. The first kappa shape index (κ1) is 20.0. The maximum atomic E-state index is 11.6. The molecule has 0 spiro atoms. The molecule has 3 N–H and O–H groups in total. The zero-order chi connectivity index (χ0) is 19.0. The fourth-order valence-electron chi connectivity index (χ4n) is 2.92. The van der Waals surface area contributed by atoms with E-state index in [1.54, 1.807) is 18.2 Å². The second-order valence-corrected chi connectivity index (χ2v) is 7.49. The van der Waals surface area contributed by atoms with Gasteiger partial charge in [0.1, 0.15) is 17.3 Å². The van der Waals surface area contributed by atoms with Crippen molar-refractivity contribution in [2.45, 2.75) is 24.7 Å². The molecule has 4 rings (SSSR count). The van der Waals surface area contributed by atoms with Crippen LogP contribution in [0.1, 0.15) is 24.4 Å². The van der Waals surface area contributed by atoms with Gasteiger partial charge in [-0.25, -0.2) is 4.98 Å². The highest BCUT2D eigenvalue weighted by molar-refractivity contribution is 8.15. The number of amides is 2. The van der Waals surface area contributed by atoms with Crippen molar-refractivity contribution in [2.24, 2.45) is 0 Å². The number of phenolic OH excluding ortho intramolecular Hbond substituents is 1. The van der Waals surface area contributed by atoms with E-state index >= 15 is 0 Å². The Morgan fingerprint density at radius 3 is 2.64 bits per heavy atom. The van der Waals surface area contributed by atoms with Gasteiger partial charge in [-0.2, -0.15) is 0 Å². The number of phenols is 1. The van der Waals surface area contributed by atoms with Crippen molar-refractivity contribution in [1.29, 1.82) is 0 Å². The topological polar surface area (TPSA) is 104 Å². The van der Waals surface area contributed by atoms with E-state index in [1.165, 1.54) is 0 Å². The van der Waals surface area contributed by atoms with Crippen LogP contribution < -0.4 is 10.1 Å². The summed E-state index contributed by atoms with van der Waals surface area (Å²) in [5.41, 5.74) is 2.46. The number of imidazole rings is 1. The van der Waals surface area contributed by atoms with Gasteiger partial charge >= 0.3 is 0 Å². The number of hydrogen-bond donors (Lipinski definition) is 3. The lowest BCUT2D eigenvalue weighted by Crippen LogP contribution is -2.25. The van der Waals surface area contributed by atoms with Crippen molar-refractivity contribution in [3.8, 4) is 11.5 Å². The molecule has 1 aliphatic rings. The number of carbonyl (C=O) groups is 2. The predicted molar refractivity (Wildman–Crippen MR) is 109 cm³/mol. The number of benzene rings is 2. The van der Waals surface area contributed by atoms with Gasteiger partial charge in [-0.05, 0) is 43.2 Å². The summed E-state index contributed by atoms with van der Waals surface area (Å²) in [7, 11) is 0. The molecular formula is C19H18ClN3O4S. The molecule has 28 heavy (non-hydrogen) atoms. The number of thioether (sulfide) groups is 1. The number of aromatic amines is 1. The molecule has 1 aromatic heterocycles. The third-order valence-corrected chi connectivity index (χ3v) is 5.27. The minimum Gasteiger partial charge on any atom is -0.508 e. The lowest BCUT2D eigenvalue weighted by Gasteiger charge is -2.13. The Balaban J connectivity index is 0.00000225. The first-order valence-electron chi connectivity index (χ1n) is 8.43. The molecule has 0 bridgehead atoms. The number of aromatic hydroxyl groups is 1. The van der Waals surface area contributed by atoms with Gasteiger partial charge in [-0.15, -0.1) is 12.4 Å². The van der Waals surface area contributed by atoms with Crippen LogP contribution in [-0.2, 0) is 11.2 Å². The largest absolute Gasteiger partial charge is 0.508 e. The molecule has 0 aliphatic carbocycles. The minimum absolute atomic E-state index is 0. The van der Waals surface area contributed by atoms with Crippen molar-refractivity contribution in [3.05, 3.63) is 53.9 Å². The maximum absolute atomic E-state index is 11.6. The molecule has 2 unspecified atom stereocenters. The van der Waals surface area contributed by atoms with Gasteiger partial charge in [-0.1, -0.05) is 23.9 Å². The summed E-state index contributed by atoms with van der Waals surface area (Å²) in [6, 6.07) is 12.4. The van der Waals surface area contributed by atoms with E-state index in [1.807, 2.05) is 31.2 Å². The SMILES string of the molecule is CC(Oc1ccc(CC2SC(=O)NC2=O)cc1)c1nc2ccc(O)cc2[nH]1.Cl. The molecule has 9 heteroatoms. The normalized spacial score (nSPS) is 17.2. The number of hydrogen-bond acceptors (Lipinski definition) is 6. The van der Waals surface area contributed by atoms with Crippen molar-refractivity contribution < 1.29 is 19.4 Å². The summed E-state index contributed by atoms with van der Waals surface area (Å²) in [5.74, 6) is 1.28. The Labute approximate surface area is 171 Å². The summed E-state index contributed by atoms with van der Waals surface area (Å²) in [6.07, 6.45) is 0.185. The minimum atomic E-state index is -0.379. The van der Waals surface area contributed by atoms with Gasteiger partial charge < -0.3 is 14.8 Å². The zero-order valence-corrected chi connectivity index (χ0v) is 16.5. The number of aromatic nitrogens is 2. The number of nitrogens with zero attached hydrogens (tertiary/aromatic N) is 1. The molecule has 1 saturated heterocycles. The molecule has 0 saturated carbocycles. The van der Waals surface area contributed by atoms with E-state index in [-0.39, 0.29) is 40.7 Å². The van der Waals surface area contributed by atoms with Gasteiger partial charge in [0.25, 0.3) is 5.24 Å². The molecule has 2 amide bonds. The third-order valence-electron chi connectivity index (χ3n) is 4.29. The molecule has 3 aromatic rings. The smallest absolute Gasteiger partial charge is 0.286 e. The molecule has 1 fully saturated rings. The molecule has 1 aliphatic heterocycles. The fourth-order valence-corrected chi connectivity index (χ4v) is 3.78. The first-order valence-corrected chi connectivity index (χ1v) is 9.31. The van der Waals surface area contributed by atoms with Crippen LogP contribution in [0, 0.1) is 0 Å². The van der Waals surface area contributed by atoms with Crippen LogP contribution in [0.3, 0.4) is 0 Å². The number of rotatable bonds is 5. The van der Waals surface area contributed by atoms with E-state index in [9.17, 15) is 14.7 Å². The van der Waals surface area contributed by atoms with Crippen LogP contribution >= 0.6 is 24.2 Å². The van der Waals surface area contributed by atoms with Crippen LogP contribution in [0.2, 0.25) is 0 Å². The van der Waals surface area contributed by atoms with Crippen molar-refractivity contribution in [3.63, 3.8) is 0 Å². The maximum Gasteiger partial charge on any atom is 0.286 e. The summed E-state index contributed by atoms with van der Waals surface area (Å²) >= 11 is 1.02. The predicted octanol–water partition coefficient (Wildman–Crippen LogP) is 3.72. The van der Waals surface area contributed by atoms with E-state index in [2.05, 4.69) is 15.3 Å². The molecule has 2 atom stereocenters. The number of halogens is 1. The Bertz CT molecular complexity index is 1020. The van der Waals surface area contributed by atoms with Crippen LogP contribution in [-0.4, -0.2) is 31.5 Å². The van der Waals surface area contributed by atoms with E-state index in [4.69, 9.17) is 4.74 Å². The number of ether oxygens (including phenoxy) is 1. The number of fused-ring (bicyclic) bond motifs is 1. The fraction of sp³-hybridized carbons (Fsp3) is 0.211. The summed E-state index contributed by atoms with van der Waals surface area (Å²) in [4.78, 5) is 30.5. The molecular weight excluding hydrogens is 402 g/mol. The Morgan fingerprint density at radius 1 is 1.21 bits per heavy atom. The number of carbonyl (C=O) groups excluding carboxylic acids is 2. The molecule has 7 nitrogen and oxygen atoms in total. The van der Waals surface area contributed by atoms with Crippen LogP contribution in [0.15, 0.2) is 42.5 Å². The highest BCUT2D eigenvalue weighted by Crippen LogP contribution is 2.26. The second-order valence-electron chi connectivity index (χ2n) is 6.31. The van der Waals surface area contributed by atoms with E-state index < -0.39 is 0 Å². The molecule has 0 radical (unpaired) electrons. The van der Waals surface area contributed by atoms with Crippen LogP contribution in [0.5, 0.6) is 11.5 Å². The van der Waals surface area contributed by atoms with E-state index in [0.29, 0.717) is 18.0 Å². The molecule has 2 heterocycles. The van der Waals surface area contributed by atoms with Gasteiger partial charge in [-0.3, -0.25) is 14.9 Å². The molecule has 2 aromatic carbocycles. The lowest BCUT2D eigenvalue weighted by atomic mass is 10.1. The van der Waals surface area contributed by atoms with Crippen LogP contribution in [0.4, 0.5) is 4.79 Å². The second kappa shape index (κ2) is 8.12. The number of imide groups is 1. The number of H-pyrrole nitrogens is 1. The van der Waals surface area contributed by atoms with Gasteiger partial charge in [0.15, 0.2) is 6.10 Å². The standard InChI is InChI=1S/C19H17N3O4S.ClH/c1-10(17-20-14-7-4-12(23)9-15(14)21-17)26-13-5-2-11(3-6-13)8-16-18(24)22-19(25)27-16;/h2-7,9-10,16,23H,8H2,1H3,(H,20,21)(H,22,24,25);1H. The highest BCUT2D eigenvalue weighted by atomic mass is 35.5. The van der Waals surface area contributed by atoms with Gasteiger partial charge in [0, 0.05) is 6.07 Å². The summed E-state index contributed by atoms with van der Waals surface area (Å²) < 4.78 is 5.93.